The predicted molar refractivity (Wildman–Crippen MR) is 36.6 cm³/mol. The van der Waals surface area contributed by atoms with Crippen LogP contribution in [0.25, 0.3) is 0 Å². The van der Waals surface area contributed by atoms with Crippen LogP contribution < -0.4 is 0 Å². The SMILES string of the molecule is C=C(C)C(=O)C(C)C(=O)O. The van der Waals surface area contributed by atoms with Crippen LogP contribution in [0.15, 0.2) is 12.2 Å². The van der Waals surface area contributed by atoms with E-state index in [1.807, 2.05) is 0 Å². The monoisotopic (exact) mass is 142 g/mol. The number of carbonyl (C=O) groups excluding carboxylic acids is 1. The summed E-state index contributed by atoms with van der Waals surface area (Å²) in [6, 6.07) is 0. The molecule has 1 unspecified atom stereocenters. The van der Waals surface area contributed by atoms with E-state index >= 15 is 0 Å². The van der Waals surface area contributed by atoms with Crippen molar-refractivity contribution < 1.29 is 14.7 Å². The maximum absolute atomic E-state index is 10.8. The van der Waals surface area contributed by atoms with Crippen molar-refractivity contribution in [3.8, 4) is 0 Å². The van der Waals surface area contributed by atoms with E-state index in [1.165, 1.54) is 13.8 Å². The summed E-state index contributed by atoms with van der Waals surface area (Å²) in [7, 11) is 0. The molecule has 3 heteroatoms. The van der Waals surface area contributed by atoms with Gasteiger partial charge in [-0.05, 0) is 19.4 Å². The third kappa shape index (κ3) is 2.01. The molecular formula is C7H10O3. The second kappa shape index (κ2) is 3.15. The van der Waals surface area contributed by atoms with Gasteiger partial charge >= 0.3 is 5.97 Å². The van der Waals surface area contributed by atoms with Gasteiger partial charge in [0.15, 0.2) is 5.78 Å². The van der Waals surface area contributed by atoms with Gasteiger partial charge in [0.1, 0.15) is 5.92 Å². The lowest BCUT2D eigenvalue weighted by Gasteiger charge is -2.02. The summed E-state index contributed by atoms with van der Waals surface area (Å²) in [5.41, 5.74) is 0.287. The fourth-order valence-corrected chi connectivity index (χ4v) is 0.482. The van der Waals surface area contributed by atoms with E-state index in [0.29, 0.717) is 0 Å². The minimum absolute atomic E-state index is 0.287. The fraction of sp³-hybridized carbons (Fsp3) is 0.429. The quantitative estimate of drug-likeness (QED) is 0.469. The number of carbonyl (C=O) groups is 2. The molecule has 10 heavy (non-hydrogen) atoms. The number of rotatable bonds is 3. The highest BCUT2D eigenvalue weighted by Crippen LogP contribution is 2.03. The van der Waals surface area contributed by atoms with Crippen LogP contribution in [0.4, 0.5) is 0 Å². The lowest BCUT2D eigenvalue weighted by Crippen LogP contribution is -2.20. The van der Waals surface area contributed by atoms with Gasteiger partial charge in [0.25, 0.3) is 0 Å². The van der Waals surface area contributed by atoms with Crippen LogP contribution in [0.5, 0.6) is 0 Å². The van der Waals surface area contributed by atoms with Crippen LogP contribution >= 0.6 is 0 Å². The Bertz CT molecular complexity index is 181. The van der Waals surface area contributed by atoms with Crippen LogP contribution in [-0.4, -0.2) is 16.9 Å². The minimum atomic E-state index is -1.10. The van der Waals surface area contributed by atoms with Crippen molar-refractivity contribution in [1.29, 1.82) is 0 Å². The zero-order chi connectivity index (χ0) is 8.31. The molecule has 0 aromatic rings. The molecule has 0 aliphatic heterocycles. The smallest absolute Gasteiger partial charge is 0.314 e. The molecule has 0 aliphatic rings. The van der Waals surface area contributed by atoms with E-state index in [1.54, 1.807) is 0 Å². The fourth-order valence-electron chi connectivity index (χ4n) is 0.482. The topological polar surface area (TPSA) is 54.4 Å². The van der Waals surface area contributed by atoms with Crippen LogP contribution in [0, 0.1) is 5.92 Å². The van der Waals surface area contributed by atoms with Gasteiger partial charge in [0, 0.05) is 0 Å². The van der Waals surface area contributed by atoms with Crippen molar-refractivity contribution in [3.63, 3.8) is 0 Å². The molecule has 0 spiro atoms. The summed E-state index contributed by atoms with van der Waals surface area (Å²) in [6.07, 6.45) is 0. The normalized spacial score (nSPS) is 12.2. The van der Waals surface area contributed by atoms with Gasteiger partial charge in [0.2, 0.25) is 0 Å². The molecule has 0 aromatic heterocycles. The van der Waals surface area contributed by atoms with Crippen molar-refractivity contribution in [2.24, 2.45) is 5.92 Å². The van der Waals surface area contributed by atoms with Gasteiger partial charge in [-0.1, -0.05) is 6.58 Å². The Labute approximate surface area is 59.4 Å². The third-order valence-corrected chi connectivity index (χ3v) is 1.18. The first-order valence-corrected chi connectivity index (χ1v) is 2.89. The first-order chi connectivity index (χ1) is 4.46. The summed E-state index contributed by atoms with van der Waals surface area (Å²) >= 11 is 0. The molecule has 56 valence electrons. The summed E-state index contributed by atoms with van der Waals surface area (Å²) in [6.45, 7) is 6.19. The number of hydrogen-bond acceptors (Lipinski definition) is 2. The number of hydrogen-bond donors (Lipinski definition) is 1. The summed E-state index contributed by atoms with van der Waals surface area (Å²) in [5.74, 6) is -2.47. The average Bonchev–Trinajstić information content (AvgIpc) is 1.84. The maximum Gasteiger partial charge on any atom is 0.314 e. The Morgan fingerprint density at radius 1 is 1.50 bits per heavy atom. The number of aliphatic carboxylic acids is 1. The van der Waals surface area contributed by atoms with Crippen molar-refractivity contribution in [2.75, 3.05) is 0 Å². The third-order valence-electron chi connectivity index (χ3n) is 1.18. The number of allylic oxidation sites excluding steroid dienone is 1. The van der Waals surface area contributed by atoms with Gasteiger partial charge in [-0.2, -0.15) is 0 Å². The molecule has 0 radical (unpaired) electrons. The summed E-state index contributed by atoms with van der Waals surface area (Å²) < 4.78 is 0. The molecule has 0 aromatic carbocycles. The van der Waals surface area contributed by atoms with Crippen LogP contribution in [0.3, 0.4) is 0 Å². The zero-order valence-electron chi connectivity index (χ0n) is 6.05. The molecule has 1 atom stereocenters. The molecule has 0 fully saturated rings. The largest absolute Gasteiger partial charge is 0.481 e. The first kappa shape index (κ1) is 8.88. The van der Waals surface area contributed by atoms with Crippen molar-refractivity contribution in [1.82, 2.24) is 0 Å². The Kier molecular flexibility index (Phi) is 2.80. The minimum Gasteiger partial charge on any atom is -0.481 e. The molecule has 0 heterocycles. The first-order valence-electron chi connectivity index (χ1n) is 2.89. The molecule has 0 saturated carbocycles. The number of carboxylic acids is 1. The van der Waals surface area contributed by atoms with E-state index in [4.69, 9.17) is 5.11 Å². The van der Waals surface area contributed by atoms with Gasteiger partial charge in [-0.15, -0.1) is 0 Å². The Balaban J connectivity index is 4.22. The molecule has 0 aliphatic carbocycles. The summed E-state index contributed by atoms with van der Waals surface area (Å²) in [4.78, 5) is 21.0. The van der Waals surface area contributed by atoms with Crippen molar-refractivity contribution in [2.45, 2.75) is 13.8 Å². The lowest BCUT2D eigenvalue weighted by molar-refractivity contribution is -0.144. The molecular weight excluding hydrogens is 132 g/mol. The van der Waals surface area contributed by atoms with Crippen molar-refractivity contribution >= 4 is 11.8 Å². The van der Waals surface area contributed by atoms with Gasteiger partial charge < -0.3 is 5.11 Å². The zero-order valence-corrected chi connectivity index (χ0v) is 6.05. The second-order valence-electron chi connectivity index (χ2n) is 2.20. The van der Waals surface area contributed by atoms with Crippen molar-refractivity contribution in [3.05, 3.63) is 12.2 Å². The molecule has 1 N–H and O–H groups in total. The van der Waals surface area contributed by atoms with Gasteiger partial charge in [-0.3, -0.25) is 9.59 Å². The summed E-state index contributed by atoms with van der Waals surface area (Å²) in [5, 5.41) is 8.34. The number of carboxylic acid groups (broad SMARTS) is 1. The van der Waals surface area contributed by atoms with Crippen LogP contribution in [0.2, 0.25) is 0 Å². The van der Waals surface area contributed by atoms with Gasteiger partial charge in [-0.25, -0.2) is 0 Å². The molecule has 0 saturated heterocycles. The standard InChI is InChI=1S/C7H10O3/c1-4(2)6(8)5(3)7(9)10/h5H,1H2,2-3H3,(H,9,10). The molecule has 0 rings (SSSR count). The highest BCUT2D eigenvalue weighted by molar-refractivity contribution is 6.06. The maximum atomic E-state index is 10.8. The van der Waals surface area contributed by atoms with Crippen LogP contribution in [0.1, 0.15) is 13.8 Å². The van der Waals surface area contributed by atoms with E-state index in [0.717, 1.165) is 0 Å². The van der Waals surface area contributed by atoms with E-state index < -0.39 is 17.7 Å². The molecule has 0 bridgehead atoms. The lowest BCUT2D eigenvalue weighted by atomic mass is 10.0. The average molecular weight is 142 g/mol. The Morgan fingerprint density at radius 2 is 1.90 bits per heavy atom. The van der Waals surface area contributed by atoms with Crippen LogP contribution in [-0.2, 0) is 9.59 Å². The Morgan fingerprint density at radius 3 is 2.00 bits per heavy atom. The van der Waals surface area contributed by atoms with E-state index in [9.17, 15) is 9.59 Å². The molecule has 3 nitrogen and oxygen atoms in total. The Hall–Kier alpha value is -1.12. The van der Waals surface area contributed by atoms with E-state index in [-0.39, 0.29) is 5.57 Å². The second-order valence-corrected chi connectivity index (χ2v) is 2.20. The van der Waals surface area contributed by atoms with Gasteiger partial charge in [0.05, 0.1) is 0 Å². The molecule has 0 amide bonds. The number of ketones is 1. The number of Topliss-reactive ketones (excluding diaryl/α,β-unsaturated/α-hetero) is 1. The highest BCUT2D eigenvalue weighted by atomic mass is 16.4. The predicted octanol–water partition coefficient (Wildman–Crippen LogP) is 0.852. The van der Waals surface area contributed by atoms with E-state index in [2.05, 4.69) is 6.58 Å². The highest BCUT2D eigenvalue weighted by Gasteiger charge is 2.20.